The van der Waals surface area contributed by atoms with Gasteiger partial charge in [-0.25, -0.2) is 0 Å². The average molecular weight is 581 g/mol. The van der Waals surface area contributed by atoms with Crippen LogP contribution in [0.4, 0.5) is 0 Å². The minimum Gasteiger partial charge on any atom is -0.362 e. The maximum Gasteiger partial charge on any atom is 0.248 e. The maximum atomic E-state index is 13.1. The van der Waals surface area contributed by atoms with Gasteiger partial charge in [0.25, 0.3) is 0 Å². The van der Waals surface area contributed by atoms with Crippen molar-refractivity contribution in [2.45, 2.75) is 158 Å². The van der Waals surface area contributed by atoms with Gasteiger partial charge in [0.05, 0.1) is 0 Å². The lowest BCUT2D eigenvalue weighted by molar-refractivity contribution is -0.142. The summed E-state index contributed by atoms with van der Waals surface area (Å²) < 4.78 is 5.77. The van der Waals surface area contributed by atoms with Crippen molar-refractivity contribution in [3.63, 3.8) is 0 Å². The van der Waals surface area contributed by atoms with Crippen molar-refractivity contribution in [1.29, 1.82) is 0 Å². The second kappa shape index (κ2) is 26.5. The van der Waals surface area contributed by atoms with Crippen molar-refractivity contribution in [1.82, 2.24) is 9.80 Å². The first-order valence-electron chi connectivity index (χ1n) is 17.7. The Bertz CT molecular complexity index is 530. The molecule has 41 heavy (non-hydrogen) atoms. The highest BCUT2D eigenvalue weighted by Gasteiger charge is 2.17. The van der Waals surface area contributed by atoms with Crippen LogP contribution in [0.5, 0.6) is 0 Å². The maximum absolute atomic E-state index is 13.1. The summed E-state index contributed by atoms with van der Waals surface area (Å²) in [7, 11) is 0. The first-order chi connectivity index (χ1) is 19.5. The van der Waals surface area contributed by atoms with Gasteiger partial charge in [0.15, 0.2) is 0 Å². The van der Waals surface area contributed by atoms with Gasteiger partial charge in [-0.1, -0.05) is 132 Å². The molecular weight excluding hydrogens is 508 g/mol. The number of rotatable bonds is 28. The highest BCUT2D eigenvalue weighted by atomic mass is 16.5. The first kappa shape index (κ1) is 39.9. The molecule has 0 bridgehead atoms. The van der Waals surface area contributed by atoms with E-state index in [4.69, 9.17) is 4.74 Å². The Morgan fingerprint density at radius 2 is 0.659 bits per heavy atom. The highest BCUT2D eigenvalue weighted by molar-refractivity contribution is 5.79. The third-order valence-electron chi connectivity index (χ3n) is 7.99. The molecule has 5 heteroatoms. The molecule has 244 valence electrons. The molecule has 0 fully saturated rings. The fourth-order valence-electron chi connectivity index (χ4n) is 5.26. The minimum absolute atomic E-state index is 0.0142. The molecule has 0 aliphatic heterocycles. The molecule has 0 saturated heterocycles. The highest BCUT2D eigenvalue weighted by Crippen LogP contribution is 2.13. The number of nitrogens with zero attached hydrogens (tertiary/aromatic N) is 2. The number of ether oxygens (including phenoxy) is 1. The van der Waals surface area contributed by atoms with E-state index in [1.54, 1.807) is 0 Å². The lowest BCUT2D eigenvalue weighted by Gasteiger charge is -2.25. The molecule has 0 aromatic heterocycles. The van der Waals surface area contributed by atoms with Crippen LogP contribution in [0.25, 0.3) is 0 Å². The predicted octanol–water partition coefficient (Wildman–Crippen LogP) is 9.53. The van der Waals surface area contributed by atoms with Gasteiger partial charge in [0.1, 0.15) is 13.2 Å². The van der Waals surface area contributed by atoms with Gasteiger partial charge in [-0.3, -0.25) is 9.59 Å². The quantitative estimate of drug-likeness (QED) is 0.0866. The molecule has 0 rings (SSSR count). The van der Waals surface area contributed by atoms with E-state index in [1.165, 1.54) is 51.4 Å². The van der Waals surface area contributed by atoms with Gasteiger partial charge in [0, 0.05) is 26.2 Å². The van der Waals surface area contributed by atoms with E-state index in [-0.39, 0.29) is 25.0 Å². The van der Waals surface area contributed by atoms with Crippen molar-refractivity contribution in [2.24, 2.45) is 23.7 Å². The third kappa shape index (κ3) is 26.3. The van der Waals surface area contributed by atoms with Gasteiger partial charge >= 0.3 is 0 Å². The van der Waals surface area contributed by atoms with Crippen molar-refractivity contribution in [3.05, 3.63) is 0 Å². The van der Waals surface area contributed by atoms with E-state index in [0.717, 1.165) is 101 Å². The van der Waals surface area contributed by atoms with Crippen LogP contribution in [0.15, 0.2) is 0 Å². The molecule has 0 saturated carbocycles. The van der Waals surface area contributed by atoms with E-state index in [2.05, 4.69) is 55.4 Å². The number of unbranched alkanes of at least 4 members (excludes halogenated alkanes) is 8. The fourth-order valence-corrected chi connectivity index (χ4v) is 5.26. The first-order valence-corrected chi connectivity index (χ1v) is 17.7. The van der Waals surface area contributed by atoms with Crippen LogP contribution in [0.3, 0.4) is 0 Å². The van der Waals surface area contributed by atoms with Crippen LogP contribution in [0.2, 0.25) is 0 Å². The van der Waals surface area contributed by atoms with E-state index >= 15 is 0 Å². The number of hydrogen-bond acceptors (Lipinski definition) is 3. The van der Waals surface area contributed by atoms with Gasteiger partial charge in [0.2, 0.25) is 11.8 Å². The van der Waals surface area contributed by atoms with Gasteiger partial charge < -0.3 is 14.5 Å². The van der Waals surface area contributed by atoms with Crippen LogP contribution in [0.1, 0.15) is 158 Å². The third-order valence-corrected chi connectivity index (χ3v) is 7.99. The number of carbonyl (C=O) groups is 2. The van der Waals surface area contributed by atoms with E-state index in [9.17, 15) is 9.59 Å². The molecule has 0 aliphatic carbocycles. The molecule has 0 heterocycles. The predicted molar refractivity (Wildman–Crippen MR) is 177 cm³/mol. The molecule has 0 spiro atoms. The summed E-state index contributed by atoms with van der Waals surface area (Å²) in [5.74, 6) is 3.02. The molecule has 0 aromatic rings. The normalized spacial score (nSPS) is 11.8. The SMILES string of the molecule is CC(C)CCCCCN(CCCCCC(C)C)C(=O)COCC(=O)N(CCCCCC(C)C)CCCCCC(C)C. The standard InChI is InChI=1S/C36H72N2O3/c1-31(2)21-13-9-17-25-37(26-18-10-14-22-32(3)4)35(39)29-41-30-36(40)38(27-19-11-15-23-33(5)6)28-20-12-16-24-34(7)8/h31-34H,9-30H2,1-8H3. The molecule has 0 N–H and O–H groups in total. The zero-order chi connectivity index (χ0) is 30.9. The second-order valence-corrected chi connectivity index (χ2v) is 14.2. The zero-order valence-electron chi connectivity index (χ0n) is 29.0. The second-order valence-electron chi connectivity index (χ2n) is 14.2. The molecule has 0 unspecified atom stereocenters. The molecular formula is C36H72N2O3. The summed E-state index contributed by atoms with van der Waals surface area (Å²) in [6, 6.07) is 0. The summed E-state index contributed by atoms with van der Waals surface area (Å²) in [5.41, 5.74) is 0. The molecule has 0 atom stereocenters. The number of carbonyl (C=O) groups excluding carboxylic acids is 2. The van der Waals surface area contributed by atoms with E-state index in [0.29, 0.717) is 0 Å². The Balaban J connectivity index is 4.75. The van der Waals surface area contributed by atoms with Crippen molar-refractivity contribution >= 4 is 11.8 Å². The van der Waals surface area contributed by atoms with Crippen LogP contribution < -0.4 is 0 Å². The van der Waals surface area contributed by atoms with Gasteiger partial charge in [-0.2, -0.15) is 0 Å². The van der Waals surface area contributed by atoms with Crippen molar-refractivity contribution in [2.75, 3.05) is 39.4 Å². The Morgan fingerprint density at radius 1 is 0.415 bits per heavy atom. The van der Waals surface area contributed by atoms with E-state index < -0.39 is 0 Å². The summed E-state index contributed by atoms with van der Waals surface area (Å²) >= 11 is 0. The number of hydrogen-bond donors (Lipinski definition) is 0. The largest absolute Gasteiger partial charge is 0.362 e. The van der Waals surface area contributed by atoms with E-state index in [1.807, 2.05) is 9.80 Å². The molecule has 0 radical (unpaired) electrons. The summed E-state index contributed by atoms with van der Waals surface area (Å²) in [4.78, 5) is 30.2. The van der Waals surface area contributed by atoms with Crippen LogP contribution in [-0.2, 0) is 14.3 Å². The molecule has 2 amide bonds. The van der Waals surface area contributed by atoms with Gasteiger partial charge in [-0.05, 0) is 49.4 Å². The monoisotopic (exact) mass is 581 g/mol. The number of amides is 2. The van der Waals surface area contributed by atoms with Crippen LogP contribution >= 0.6 is 0 Å². The molecule has 5 nitrogen and oxygen atoms in total. The molecule has 0 aromatic carbocycles. The smallest absolute Gasteiger partial charge is 0.248 e. The summed E-state index contributed by atoms with van der Waals surface area (Å²) in [5, 5.41) is 0. The zero-order valence-corrected chi connectivity index (χ0v) is 29.0. The van der Waals surface area contributed by atoms with Crippen molar-refractivity contribution < 1.29 is 14.3 Å². The van der Waals surface area contributed by atoms with Crippen LogP contribution in [0, 0.1) is 23.7 Å². The lowest BCUT2D eigenvalue weighted by Crippen LogP contribution is -2.39. The fraction of sp³-hybridized carbons (Fsp3) is 0.944. The minimum atomic E-state index is 0.0142. The summed E-state index contributed by atoms with van der Waals surface area (Å²) in [6.45, 7) is 21.4. The van der Waals surface area contributed by atoms with Gasteiger partial charge in [-0.15, -0.1) is 0 Å². The Hall–Kier alpha value is -1.10. The topological polar surface area (TPSA) is 49.9 Å². The van der Waals surface area contributed by atoms with Crippen LogP contribution in [-0.4, -0.2) is 61.0 Å². The molecule has 0 aliphatic rings. The Labute approximate surface area is 256 Å². The Kier molecular flexibility index (Phi) is 25.8. The average Bonchev–Trinajstić information content (AvgIpc) is 2.89. The summed E-state index contributed by atoms with van der Waals surface area (Å²) in [6.07, 6.45) is 18.7. The lowest BCUT2D eigenvalue weighted by atomic mass is 10.0. The Morgan fingerprint density at radius 3 is 0.878 bits per heavy atom. The van der Waals surface area contributed by atoms with Crippen molar-refractivity contribution in [3.8, 4) is 0 Å².